The largest absolute Gasteiger partial charge is 0.310 e. The van der Waals surface area contributed by atoms with Gasteiger partial charge in [-0.3, -0.25) is 0 Å². The lowest BCUT2D eigenvalue weighted by atomic mass is 10.1. The Balaban J connectivity index is 0.00000211. The smallest absolute Gasteiger partial charge is 0.0231 e. The van der Waals surface area contributed by atoms with Crippen LogP contribution in [0.15, 0.2) is 24.3 Å². The van der Waals surface area contributed by atoms with Crippen LogP contribution < -0.4 is 5.32 Å². The van der Waals surface area contributed by atoms with E-state index in [2.05, 4.69) is 74.2 Å². The fraction of sp³-hybridized carbons (Fsp3) is 0.684. The monoisotopic (exact) mass is 307 g/mol. The topological polar surface area (TPSA) is 18.5 Å². The first-order valence-corrected chi connectivity index (χ1v) is 8.69. The Bertz CT molecular complexity index is 359. The molecule has 0 aliphatic carbocycles. The molecule has 0 saturated carbocycles. The second kappa shape index (κ2) is 12.6. The van der Waals surface area contributed by atoms with Crippen molar-refractivity contribution in [2.45, 2.75) is 53.8 Å². The van der Waals surface area contributed by atoms with E-state index in [-0.39, 0.29) is 0 Å². The highest BCUT2D eigenvalue weighted by Crippen LogP contribution is 2.07. The van der Waals surface area contributed by atoms with E-state index in [1.807, 2.05) is 13.8 Å². The zero-order valence-electron chi connectivity index (χ0n) is 15.8. The molecule has 0 spiro atoms. The second-order valence-corrected chi connectivity index (χ2v) is 5.99. The zero-order chi connectivity index (χ0) is 17.0. The molecule has 3 heteroatoms. The summed E-state index contributed by atoms with van der Waals surface area (Å²) in [4.78, 5) is 4.73. The summed E-state index contributed by atoms with van der Waals surface area (Å²) >= 11 is 0. The van der Waals surface area contributed by atoms with Crippen molar-refractivity contribution in [1.82, 2.24) is 15.1 Å². The van der Waals surface area contributed by atoms with Gasteiger partial charge in [0.05, 0.1) is 0 Å². The molecule has 0 fully saturated rings. The maximum atomic E-state index is 3.45. The molecular formula is C19H37N3. The van der Waals surface area contributed by atoms with Gasteiger partial charge in [-0.25, -0.2) is 0 Å². The SMILES string of the molecule is CC.CCN(C)CCN(C)Cc1ccc(CNC(C)C)cc1. The zero-order valence-corrected chi connectivity index (χ0v) is 15.8. The molecule has 22 heavy (non-hydrogen) atoms. The predicted octanol–water partition coefficient (Wildman–Crippen LogP) is 3.59. The van der Waals surface area contributed by atoms with Gasteiger partial charge in [-0.05, 0) is 31.8 Å². The molecule has 0 atom stereocenters. The van der Waals surface area contributed by atoms with Crippen molar-refractivity contribution in [2.24, 2.45) is 0 Å². The third kappa shape index (κ3) is 9.93. The predicted molar refractivity (Wildman–Crippen MR) is 99.3 cm³/mol. The first kappa shape index (κ1) is 21.1. The second-order valence-electron chi connectivity index (χ2n) is 5.99. The van der Waals surface area contributed by atoms with Crippen LogP contribution in [0.1, 0.15) is 45.7 Å². The highest BCUT2D eigenvalue weighted by molar-refractivity contribution is 5.22. The molecule has 0 bridgehead atoms. The average Bonchev–Trinajstić information content (AvgIpc) is 2.53. The van der Waals surface area contributed by atoms with Crippen molar-refractivity contribution >= 4 is 0 Å². The normalized spacial score (nSPS) is 11.0. The number of hydrogen-bond acceptors (Lipinski definition) is 3. The van der Waals surface area contributed by atoms with Gasteiger partial charge in [-0.1, -0.05) is 58.9 Å². The van der Waals surface area contributed by atoms with E-state index in [0.29, 0.717) is 6.04 Å². The molecule has 1 aromatic rings. The van der Waals surface area contributed by atoms with E-state index >= 15 is 0 Å². The molecule has 0 amide bonds. The number of nitrogens with one attached hydrogen (secondary N) is 1. The maximum absolute atomic E-state index is 3.45. The van der Waals surface area contributed by atoms with Gasteiger partial charge in [-0.2, -0.15) is 0 Å². The molecule has 0 aliphatic heterocycles. The lowest BCUT2D eigenvalue weighted by Gasteiger charge is -2.21. The molecule has 0 unspecified atom stereocenters. The van der Waals surface area contributed by atoms with Gasteiger partial charge in [0.25, 0.3) is 0 Å². The van der Waals surface area contributed by atoms with E-state index in [1.165, 1.54) is 11.1 Å². The maximum Gasteiger partial charge on any atom is 0.0231 e. The summed E-state index contributed by atoms with van der Waals surface area (Å²) in [5.41, 5.74) is 2.75. The van der Waals surface area contributed by atoms with Gasteiger partial charge in [0.2, 0.25) is 0 Å². The molecule has 1 aromatic carbocycles. The summed E-state index contributed by atoms with van der Waals surface area (Å²) in [5.74, 6) is 0. The van der Waals surface area contributed by atoms with E-state index in [1.54, 1.807) is 0 Å². The van der Waals surface area contributed by atoms with Crippen LogP contribution in [0.3, 0.4) is 0 Å². The summed E-state index contributed by atoms with van der Waals surface area (Å²) in [5, 5.41) is 3.45. The van der Waals surface area contributed by atoms with Crippen LogP contribution in [0.2, 0.25) is 0 Å². The van der Waals surface area contributed by atoms with Crippen molar-refractivity contribution in [3.63, 3.8) is 0 Å². The number of nitrogens with zero attached hydrogens (tertiary/aromatic N) is 2. The Hall–Kier alpha value is -0.900. The van der Waals surface area contributed by atoms with Gasteiger partial charge in [0.1, 0.15) is 0 Å². The van der Waals surface area contributed by atoms with Crippen molar-refractivity contribution in [1.29, 1.82) is 0 Å². The first-order valence-electron chi connectivity index (χ1n) is 8.69. The molecule has 0 heterocycles. The van der Waals surface area contributed by atoms with Gasteiger partial charge < -0.3 is 15.1 Å². The van der Waals surface area contributed by atoms with Crippen LogP contribution in [0.25, 0.3) is 0 Å². The Labute approximate surface area is 138 Å². The third-order valence-electron chi connectivity index (χ3n) is 3.59. The van der Waals surface area contributed by atoms with Gasteiger partial charge in [0.15, 0.2) is 0 Å². The number of rotatable bonds is 9. The molecule has 1 N–H and O–H groups in total. The van der Waals surface area contributed by atoms with Crippen molar-refractivity contribution in [2.75, 3.05) is 33.7 Å². The fourth-order valence-electron chi connectivity index (χ4n) is 1.97. The van der Waals surface area contributed by atoms with Crippen molar-refractivity contribution in [3.05, 3.63) is 35.4 Å². The minimum atomic E-state index is 0.538. The van der Waals surface area contributed by atoms with Gasteiger partial charge in [-0.15, -0.1) is 0 Å². The van der Waals surface area contributed by atoms with Crippen LogP contribution in [-0.2, 0) is 13.1 Å². The standard InChI is InChI=1S/C17H31N3.C2H6/c1-6-19(4)11-12-20(5)14-17-9-7-16(8-10-17)13-18-15(2)3;1-2/h7-10,15,18H,6,11-14H2,1-5H3;1-2H3. The quantitative estimate of drug-likeness (QED) is 0.752. The van der Waals surface area contributed by atoms with Gasteiger partial charge >= 0.3 is 0 Å². The van der Waals surface area contributed by atoms with Crippen molar-refractivity contribution < 1.29 is 0 Å². The van der Waals surface area contributed by atoms with Crippen LogP contribution in [0.5, 0.6) is 0 Å². The Kier molecular flexibility index (Phi) is 12.1. The summed E-state index contributed by atoms with van der Waals surface area (Å²) in [6.07, 6.45) is 0. The van der Waals surface area contributed by atoms with Crippen LogP contribution >= 0.6 is 0 Å². The molecule has 0 aliphatic rings. The van der Waals surface area contributed by atoms with Gasteiger partial charge in [0, 0.05) is 32.2 Å². The van der Waals surface area contributed by atoms with E-state index in [4.69, 9.17) is 0 Å². The average molecular weight is 308 g/mol. The first-order chi connectivity index (χ1) is 10.5. The number of benzene rings is 1. The molecule has 1 rings (SSSR count). The highest BCUT2D eigenvalue weighted by atomic mass is 15.2. The van der Waals surface area contributed by atoms with Crippen LogP contribution in [0, 0.1) is 0 Å². The highest BCUT2D eigenvalue weighted by Gasteiger charge is 2.02. The Morgan fingerprint density at radius 1 is 0.909 bits per heavy atom. The van der Waals surface area contributed by atoms with Crippen LogP contribution in [0.4, 0.5) is 0 Å². The lowest BCUT2D eigenvalue weighted by Crippen LogP contribution is -2.30. The molecule has 3 nitrogen and oxygen atoms in total. The summed E-state index contributed by atoms with van der Waals surface area (Å²) in [7, 11) is 4.36. The van der Waals surface area contributed by atoms with Crippen LogP contribution in [-0.4, -0.2) is 49.6 Å². The van der Waals surface area contributed by atoms with Crippen molar-refractivity contribution in [3.8, 4) is 0 Å². The molecule has 0 saturated heterocycles. The van der Waals surface area contributed by atoms with E-state index in [9.17, 15) is 0 Å². The molecular weight excluding hydrogens is 270 g/mol. The molecule has 0 aromatic heterocycles. The van der Waals surface area contributed by atoms with E-state index in [0.717, 1.165) is 32.7 Å². The minimum Gasteiger partial charge on any atom is -0.310 e. The summed E-state index contributed by atoms with van der Waals surface area (Å²) in [6, 6.07) is 9.50. The molecule has 0 radical (unpaired) electrons. The Morgan fingerprint density at radius 3 is 1.91 bits per heavy atom. The summed E-state index contributed by atoms with van der Waals surface area (Å²) < 4.78 is 0. The third-order valence-corrected chi connectivity index (χ3v) is 3.59. The fourth-order valence-corrected chi connectivity index (χ4v) is 1.97. The number of likely N-dealkylation sites (N-methyl/N-ethyl adjacent to an activating group) is 2. The van der Waals surface area contributed by atoms with E-state index < -0.39 is 0 Å². The Morgan fingerprint density at radius 2 is 1.41 bits per heavy atom. The lowest BCUT2D eigenvalue weighted by molar-refractivity contribution is 0.258. The molecule has 128 valence electrons. The minimum absolute atomic E-state index is 0.538. The number of hydrogen-bond donors (Lipinski definition) is 1. The summed E-state index contributed by atoms with van der Waals surface area (Å²) in [6.45, 7) is 15.9.